The summed E-state index contributed by atoms with van der Waals surface area (Å²) >= 11 is 0. The number of hydrogen-bond acceptors (Lipinski definition) is 5. The Morgan fingerprint density at radius 2 is 2.07 bits per heavy atom. The van der Waals surface area contributed by atoms with Gasteiger partial charge in [0.25, 0.3) is 0 Å². The van der Waals surface area contributed by atoms with Gasteiger partial charge in [0.05, 0.1) is 18.2 Å². The molecule has 1 fully saturated rings. The van der Waals surface area contributed by atoms with Gasteiger partial charge < -0.3 is 26.0 Å². The van der Waals surface area contributed by atoms with Crippen molar-refractivity contribution in [2.75, 3.05) is 13.7 Å². The molecule has 1 heterocycles. The molecule has 3 unspecified atom stereocenters. The molecule has 0 aromatic heterocycles. The van der Waals surface area contributed by atoms with Crippen molar-refractivity contribution in [3.8, 4) is 0 Å². The van der Waals surface area contributed by atoms with Crippen molar-refractivity contribution < 1.29 is 14.6 Å². The van der Waals surface area contributed by atoms with Crippen LogP contribution >= 0.6 is 0 Å². The number of rotatable bonds is 3. The third-order valence-electron chi connectivity index (χ3n) is 3.08. The summed E-state index contributed by atoms with van der Waals surface area (Å²) in [5, 5.41) is 10.1. The molecule has 90 valence electrons. The van der Waals surface area contributed by atoms with Gasteiger partial charge in [-0.3, -0.25) is 0 Å². The van der Waals surface area contributed by atoms with Crippen LogP contribution in [0.4, 0.5) is 0 Å². The predicted octanol–water partition coefficient (Wildman–Crippen LogP) is -0.723. The largest absolute Gasteiger partial charge is 0.391 e. The van der Waals surface area contributed by atoms with E-state index in [0.717, 1.165) is 0 Å². The van der Waals surface area contributed by atoms with Crippen molar-refractivity contribution in [2.24, 2.45) is 23.3 Å². The Hall–Kier alpha value is -0.200. The SMILES string of the molecule is CO[C@@H]1OC(CN)[C@H](C(C)C)C(O)C1N. The smallest absolute Gasteiger partial charge is 0.175 e. The van der Waals surface area contributed by atoms with Crippen LogP contribution in [-0.2, 0) is 9.47 Å². The summed E-state index contributed by atoms with van der Waals surface area (Å²) in [6, 6.07) is -0.509. The molecule has 0 bridgehead atoms. The third-order valence-corrected chi connectivity index (χ3v) is 3.08. The van der Waals surface area contributed by atoms with E-state index in [2.05, 4.69) is 0 Å². The third kappa shape index (κ3) is 2.49. The summed E-state index contributed by atoms with van der Waals surface area (Å²) in [6.45, 7) is 4.42. The maximum Gasteiger partial charge on any atom is 0.175 e. The molecule has 15 heavy (non-hydrogen) atoms. The van der Waals surface area contributed by atoms with Crippen LogP contribution in [0, 0.1) is 11.8 Å². The van der Waals surface area contributed by atoms with Crippen molar-refractivity contribution in [1.29, 1.82) is 0 Å². The van der Waals surface area contributed by atoms with Gasteiger partial charge in [-0.25, -0.2) is 0 Å². The van der Waals surface area contributed by atoms with Crippen molar-refractivity contribution in [3.05, 3.63) is 0 Å². The van der Waals surface area contributed by atoms with Crippen LogP contribution in [0.25, 0.3) is 0 Å². The van der Waals surface area contributed by atoms with E-state index >= 15 is 0 Å². The second-order valence-corrected chi connectivity index (χ2v) is 4.40. The van der Waals surface area contributed by atoms with Crippen LogP contribution in [0.5, 0.6) is 0 Å². The van der Waals surface area contributed by atoms with Gasteiger partial charge in [0.1, 0.15) is 0 Å². The molecule has 1 saturated heterocycles. The fourth-order valence-corrected chi connectivity index (χ4v) is 2.24. The molecule has 1 aliphatic heterocycles. The Kier molecular flexibility index (Phi) is 4.48. The number of methoxy groups -OCH3 is 1. The lowest BCUT2D eigenvalue weighted by Gasteiger charge is -2.44. The molecule has 5 atom stereocenters. The highest BCUT2D eigenvalue weighted by atomic mass is 16.7. The highest BCUT2D eigenvalue weighted by Gasteiger charge is 2.44. The Morgan fingerprint density at radius 1 is 1.47 bits per heavy atom. The van der Waals surface area contributed by atoms with Gasteiger partial charge >= 0.3 is 0 Å². The molecular formula is C10H22N2O3. The summed E-state index contributed by atoms with van der Waals surface area (Å²) in [4.78, 5) is 0. The highest BCUT2D eigenvalue weighted by Crippen LogP contribution is 2.30. The summed E-state index contributed by atoms with van der Waals surface area (Å²) in [5.41, 5.74) is 11.5. The van der Waals surface area contributed by atoms with E-state index in [-0.39, 0.29) is 17.9 Å². The fourth-order valence-electron chi connectivity index (χ4n) is 2.24. The Bertz CT molecular complexity index is 199. The normalized spacial score (nSPS) is 42.2. The second kappa shape index (κ2) is 5.23. The molecule has 5 nitrogen and oxygen atoms in total. The molecule has 5 heteroatoms. The minimum atomic E-state index is -0.628. The zero-order valence-corrected chi connectivity index (χ0v) is 9.59. The van der Waals surface area contributed by atoms with Crippen LogP contribution in [-0.4, -0.2) is 43.3 Å². The Balaban J connectivity index is 2.79. The summed E-state index contributed by atoms with van der Waals surface area (Å²) in [6.07, 6.45) is -1.38. The van der Waals surface area contributed by atoms with E-state index in [1.807, 2.05) is 13.8 Å². The molecular weight excluding hydrogens is 196 g/mol. The Labute approximate surface area is 90.7 Å². The molecule has 0 aromatic carbocycles. The van der Waals surface area contributed by atoms with Gasteiger partial charge in [-0.15, -0.1) is 0 Å². The highest BCUT2D eigenvalue weighted by molar-refractivity contribution is 4.93. The van der Waals surface area contributed by atoms with E-state index in [1.165, 1.54) is 7.11 Å². The second-order valence-electron chi connectivity index (χ2n) is 4.40. The molecule has 0 radical (unpaired) electrons. The van der Waals surface area contributed by atoms with E-state index in [1.54, 1.807) is 0 Å². The van der Waals surface area contributed by atoms with Crippen molar-refractivity contribution in [2.45, 2.75) is 38.4 Å². The quantitative estimate of drug-likeness (QED) is 0.581. The summed E-state index contributed by atoms with van der Waals surface area (Å²) < 4.78 is 10.7. The van der Waals surface area contributed by atoms with Gasteiger partial charge in [0.2, 0.25) is 0 Å². The van der Waals surface area contributed by atoms with Gasteiger partial charge in [0.15, 0.2) is 6.29 Å². The van der Waals surface area contributed by atoms with E-state index in [9.17, 15) is 5.11 Å². The first-order chi connectivity index (χ1) is 7.02. The van der Waals surface area contributed by atoms with Crippen molar-refractivity contribution in [1.82, 2.24) is 0 Å². The molecule has 0 aromatic rings. The number of aliphatic hydroxyl groups is 1. The van der Waals surface area contributed by atoms with Crippen LogP contribution in [0.1, 0.15) is 13.8 Å². The fraction of sp³-hybridized carbons (Fsp3) is 1.00. The number of aliphatic hydroxyl groups excluding tert-OH is 1. The summed E-state index contributed by atoms with van der Waals surface area (Å²) in [7, 11) is 1.51. The standard InChI is InChI=1S/C10H22N2O3/c1-5(2)7-6(4-11)15-10(14-3)8(12)9(7)13/h5-10,13H,4,11-12H2,1-3H3/t6?,7-,8?,9?,10+/m0/s1. The number of hydrogen-bond donors (Lipinski definition) is 3. The maximum absolute atomic E-state index is 10.1. The van der Waals surface area contributed by atoms with Gasteiger partial charge in [-0.1, -0.05) is 13.8 Å². The van der Waals surface area contributed by atoms with Crippen LogP contribution < -0.4 is 11.5 Å². The Morgan fingerprint density at radius 3 is 2.47 bits per heavy atom. The lowest BCUT2D eigenvalue weighted by molar-refractivity contribution is -0.239. The van der Waals surface area contributed by atoms with E-state index in [0.29, 0.717) is 6.54 Å². The molecule has 0 amide bonds. The van der Waals surface area contributed by atoms with Crippen molar-refractivity contribution in [3.63, 3.8) is 0 Å². The van der Waals surface area contributed by atoms with Crippen LogP contribution in [0.3, 0.4) is 0 Å². The zero-order valence-electron chi connectivity index (χ0n) is 9.59. The monoisotopic (exact) mass is 218 g/mol. The lowest BCUT2D eigenvalue weighted by atomic mass is 9.80. The first kappa shape index (κ1) is 12.9. The zero-order chi connectivity index (χ0) is 11.6. The van der Waals surface area contributed by atoms with Gasteiger partial charge in [-0.05, 0) is 5.92 Å². The van der Waals surface area contributed by atoms with E-state index < -0.39 is 18.4 Å². The molecule has 0 saturated carbocycles. The molecule has 0 aliphatic carbocycles. The number of nitrogens with two attached hydrogens (primary N) is 2. The predicted molar refractivity (Wildman–Crippen MR) is 57.0 cm³/mol. The van der Waals surface area contributed by atoms with Gasteiger partial charge in [0, 0.05) is 19.6 Å². The topological polar surface area (TPSA) is 90.7 Å². The molecule has 0 spiro atoms. The molecule has 1 aliphatic rings. The average Bonchev–Trinajstić information content (AvgIpc) is 2.20. The lowest BCUT2D eigenvalue weighted by Crippen LogP contribution is -2.61. The average molecular weight is 218 g/mol. The van der Waals surface area contributed by atoms with Crippen molar-refractivity contribution >= 4 is 0 Å². The van der Waals surface area contributed by atoms with Crippen LogP contribution in [0.2, 0.25) is 0 Å². The maximum atomic E-state index is 10.1. The minimum Gasteiger partial charge on any atom is -0.391 e. The first-order valence-corrected chi connectivity index (χ1v) is 5.34. The molecule has 5 N–H and O–H groups in total. The van der Waals surface area contributed by atoms with Crippen LogP contribution in [0.15, 0.2) is 0 Å². The number of ether oxygens (including phenoxy) is 2. The summed E-state index contributed by atoms with van der Waals surface area (Å²) in [5.74, 6) is 0.244. The van der Waals surface area contributed by atoms with Gasteiger partial charge in [-0.2, -0.15) is 0 Å². The minimum absolute atomic E-state index is 0.0311. The van der Waals surface area contributed by atoms with E-state index in [4.69, 9.17) is 20.9 Å². The first-order valence-electron chi connectivity index (χ1n) is 5.34. The molecule has 1 rings (SSSR count).